The first-order valence-corrected chi connectivity index (χ1v) is 6.79. The third kappa shape index (κ3) is 2.46. The second kappa shape index (κ2) is 4.87. The van der Waals surface area contributed by atoms with Gasteiger partial charge in [-0.15, -0.1) is 0 Å². The summed E-state index contributed by atoms with van der Waals surface area (Å²) in [4.78, 5) is 0. The molecule has 0 saturated carbocycles. The van der Waals surface area contributed by atoms with Crippen molar-refractivity contribution >= 4 is 11.6 Å². The van der Waals surface area contributed by atoms with E-state index in [4.69, 9.17) is 22.1 Å². The van der Waals surface area contributed by atoms with E-state index in [9.17, 15) is 0 Å². The Bertz CT molecular complexity index is 611. The lowest BCUT2D eigenvalue weighted by Crippen LogP contribution is -2.24. The predicted molar refractivity (Wildman–Crippen MR) is 77.5 cm³/mol. The minimum Gasteiger partial charge on any atom is -0.485 e. The molecule has 0 bridgehead atoms. The molecule has 2 nitrogen and oxygen atoms in total. The van der Waals surface area contributed by atoms with Crippen LogP contribution in [0, 0.1) is 6.92 Å². The Labute approximate surface area is 118 Å². The molecule has 0 radical (unpaired) electrons. The van der Waals surface area contributed by atoms with E-state index in [1.165, 1.54) is 5.56 Å². The van der Waals surface area contributed by atoms with Gasteiger partial charge in [0.1, 0.15) is 11.9 Å². The normalized spacial score (nSPS) is 21.6. The Kier molecular flexibility index (Phi) is 3.21. The predicted octanol–water partition coefficient (Wildman–Crippen LogP) is 4.17. The van der Waals surface area contributed by atoms with Gasteiger partial charge in [0.2, 0.25) is 0 Å². The van der Waals surface area contributed by atoms with Crippen LogP contribution in [-0.4, -0.2) is 0 Å². The molecule has 3 heteroatoms. The van der Waals surface area contributed by atoms with Crippen molar-refractivity contribution in [3.05, 3.63) is 64.2 Å². The summed E-state index contributed by atoms with van der Waals surface area (Å²) < 4.78 is 6.06. The highest BCUT2D eigenvalue weighted by Crippen LogP contribution is 2.40. The number of halogens is 1. The highest BCUT2D eigenvalue weighted by Gasteiger charge is 2.27. The van der Waals surface area contributed by atoms with E-state index in [0.29, 0.717) is 0 Å². The van der Waals surface area contributed by atoms with Gasteiger partial charge in [0.25, 0.3) is 0 Å². The number of benzene rings is 2. The van der Waals surface area contributed by atoms with Crippen LogP contribution in [-0.2, 0) is 0 Å². The largest absolute Gasteiger partial charge is 0.485 e. The molecule has 1 unspecified atom stereocenters. The number of ether oxygens (including phenoxy) is 1. The first-order valence-electron chi connectivity index (χ1n) is 6.42. The van der Waals surface area contributed by atoms with E-state index in [1.807, 2.05) is 36.4 Å². The fourth-order valence-corrected chi connectivity index (χ4v) is 2.73. The number of aryl methyl sites for hydroxylation is 1. The molecule has 0 saturated heterocycles. The van der Waals surface area contributed by atoms with Crippen molar-refractivity contribution in [2.75, 3.05) is 0 Å². The summed E-state index contributed by atoms with van der Waals surface area (Å²) in [7, 11) is 0. The summed E-state index contributed by atoms with van der Waals surface area (Å²) >= 11 is 6.03. The van der Waals surface area contributed by atoms with Crippen LogP contribution in [0.15, 0.2) is 42.5 Å². The number of hydrogen-bond donors (Lipinski definition) is 1. The second-order valence-electron chi connectivity index (χ2n) is 5.04. The minimum atomic E-state index is -0.0242. The van der Waals surface area contributed by atoms with Gasteiger partial charge in [0.15, 0.2) is 0 Å². The zero-order chi connectivity index (χ0) is 13.4. The van der Waals surface area contributed by atoms with Crippen molar-refractivity contribution in [3.63, 3.8) is 0 Å². The van der Waals surface area contributed by atoms with Gasteiger partial charge < -0.3 is 10.5 Å². The molecule has 98 valence electrons. The highest BCUT2D eigenvalue weighted by molar-refractivity contribution is 6.30. The quantitative estimate of drug-likeness (QED) is 0.846. The average Bonchev–Trinajstić information content (AvgIpc) is 2.39. The standard InChI is InChI=1S/C16H16ClNO/c1-10-5-6-15-13(7-10)14(18)9-16(19-15)11-3-2-4-12(17)8-11/h2-8,14,16H,9,18H2,1H3/t14-,16?/m0/s1. The van der Waals surface area contributed by atoms with Gasteiger partial charge in [-0.1, -0.05) is 41.4 Å². The maximum Gasteiger partial charge on any atom is 0.126 e. The lowest BCUT2D eigenvalue weighted by molar-refractivity contribution is 0.161. The molecule has 19 heavy (non-hydrogen) atoms. The van der Waals surface area contributed by atoms with Gasteiger partial charge in [-0.3, -0.25) is 0 Å². The van der Waals surface area contributed by atoms with Crippen molar-refractivity contribution in [2.24, 2.45) is 5.73 Å². The molecular formula is C16H16ClNO. The summed E-state index contributed by atoms with van der Waals surface area (Å²) in [5, 5.41) is 0.726. The third-order valence-corrected chi connectivity index (χ3v) is 3.76. The SMILES string of the molecule is Cc1ccc2c(c1)[C@@H](N)CC(c1cccc(Cl)c1)O2. The molecule has 0 aromatic heterocycles. The molecule has 1 heterocycles. The fraction of sp³-hybridized carbons (Fsp3) is 0.250. The van der Waals surface area contributed by atoms with Gasteiger partial charge in [-0.05, 0) is 30.7 Å². The molecule has 2 aromatic carbocycles. The van der Waals surface area contributed by atoms with E-state index in [-0.39, 0.29) is 12.1 Å². The van der Waals surface area contributed by atoms with Crippen molar-refractivity contribution in [1.29, 1.82) is 0 Å². The molecule has 3 rings (SSSR count). The number of fused-ring (bicyclic) bond motifs is 1. The molecule has 2 N–H and O–H groups in total. The number of hydrogen-bond acceptors (Lipinski definition) is 2. The minimum absolute atomic E-state index is 0.00707. The first kappa shape index (κ1) is 12.5. The first-order chi connectivity index (χ1) is 9.13. The molecule has 0 fully saturated rings. The van der Waals surface area contributed by atoms with Crippen LogP contribution in [0.1, 0.15) is 35.3 Å². The maximum atomic E-state index is 6.27. The summed E-state index contributed by atoms with van der Waals surface area (Å²) in [6, 6.07) is 13.9. The Morgan fingerprint density at radius 1 is 1.21 bits per heavy atom. The topological polar surface area (TPSA) is 35.2 Å². The van der Waals surface area contributed by atoms with Crippen LogP contribution in [0.3, 0.4) is 0 Å². The van der Waals surface area contributed by atoms with E-state index in [0.717, 1.165) is 28.3 Å². The summed E-state index contributed by atoms with van der Waals surface area (Å²) in [5.41, 5.74) is 9.65. The molecule has 0 amide bonds. The van der Waals surface area contributed by atoms with Gasteiger partial charge in [0.05, 0.1) is 0 Å². The molecular weight excluding hydrogens is 258 g/mol. The van der Waals surface area contributed by atoms with E-state index in [1.54, 1.807) is 0 Å². The lowest BCUT2D eigenvalue weighted by Gasteiger charge is -2.31. The highest BCUT2D eigenvalue weighted by atomic mass is 35.5. The summed E-state index contributed by atoms with van der Waals surface area (Å²) in [6.07, 6.45) is 0.750. The van der Waals surface area contributed by atoms with Crippen molar-refractivity contribution < 1.29 is 4.74 Å². The summed E-state index contributed by atoms with van der Waals surface area (Å²) in [5.74, 6) is 0.884. The van der Waals surface area contributed by atoms with Gasteiger partial charge in [-0.25, -0.2) is 0 Å². The van der Waals surface area contributed by atoms with E-state index >= 15 is 0 Å². The van der Waals surface area contributed by atoms with Gasteiger partial charge >= 0.3 is 0 Å². The zero-order valence-corrected chi connectivity index (χ0v) is 11.5. The zero-order valence-electron chi connectivity index (χ0n) is 10.8. The Morgan fingerprint density at radius 2 is 2.05 bits per heavy atom. The third-order valence-electron chi connectivity index (χ3n) is 3.52. The molecule has 2 aromatic rings. The van der Waals surface area contributed by atoms with E-state index < -0.39 is 0 Å². The second-order valence-corrected chi connectivity index (χ2v) is 5.48. The van der Waals surface area contributed by atoms with Crippen LogP contribution in [0.2, 0.25) is 5.02 Å². The number of rotatable bonds is 1. The van der Waals surface area contributed by atoms with E-state index in [2.05, 4.69) is 13.0 Å². The van der Waals surface area contributed by atoms with Crippen LogP contribution >= 0.6 is 11.6 Å². The van der Waals surface area contributed by atoms with Crippen molar-refractivity contribution in [2.45, 2.75) is 25.5 Å². The fourth-order valence-electron chi connectivity index (χ4n) is 2.53. The van der Waals surface area contributed by atoms with Gasteiger partial charge in [-0.2, -0.15) is 0 Å². The molecule has 0 spiro atoms. The lowest BCUT2D eigenvalue weighted by atomic mass is 9.93. The monoisotopic (exact) mass is 273 g/mol. The smallest absolute Gasteiger partial charge is 0.126 e. The maximum absolute atomic E-state index is 6.27. The van der Waals surface area contributed by atoms with Crippen LogP contribution in [0.25, 0.3) is 0 Å². The van der Waals surface area contributed by atoms with Gasteiger partial charge in [0, 0.05) is 23.0 Å². The van der Waals surface area contributed by atoms with Crippen molar-refractivity contribution in [1.82, 2.24) is 0 Å². The Balaban J connectivity index is 1.95. The molecule has 2 atom stereocenters. The molecule has 0 aliphatic carbocycles. The van der Waals surface area contributed by atoms with Crippen molar-refractivity contribution in [3.8, 4) is 5.75 Å². The van der Waals surface area contributed by atoms with Crippen LogP contribution < -0.4 is 10.5 Å². The molecule has 1 aliphatic heterocycles. The molecule has 1 aliphatic rings. The Hall–Kier alpha value is -1.51. The number of nitrogens with two attached hydrogens (primary N) is 1. The summed E-state index contributed by atoms with van der Waals surface area (Å²) in [6.45, 7) is 2.07. The van der Waals surface area contributed by atoms with Crippen LogP contribution in [0.5, 0.6) is 5.75 Å². The van der Waals surface area contributed by atoms with Crippen LogP contribution in [0.4, 0.5) is 0 Å². The Morgan fingerprint density at radius 3 is 2.84 bits per heavy atom. The average molecular weight is 274 g/mol.